The number of carbonyl (C=O) groups excluding carboxylic acids is 1. The standard InChI is InChI=1S/C21H34N2O3/c1-5-14-26-19-11-10-18(15-20(19)25-4)16(2)22-21(24)17(3)23-12-8-6-7-9-13-23/h10-11,15-17H,5-9,12-14H2,1-4H3,(H,22,24). The molecule has 0 spiro atoms. The lowest BCUT2D eigenvalue weighted by Crippen LogP contribution is -2.46. The number of benzene rings is 1. The van der Waals surface area contributed by atoms with Gasteiger partial charge in [0.05, 0.1) is 25.8 Å². The molecule has 1 fully saturated rings. The van der Waals surface area contributed by atoms with Crippen molar-refractivity contribution in [3.05, 3.63) is 23.8 Å². The molecule has 2 unspecified atom stereocenters. The van der Waals surface area contributed by atoms with Crippen molar-refractivity contribution in [2.24, 2.45) is 0 Å². The smallest absolute Gasteiger partial charge is 0.237 e. The molecule has 1 saturated heterocycles. The monoisotopic (exact) mass is 362 g/mol. The van der Waals surface area contributed by atoms with Crippen LogP contribution in [0.3, 0.4) is 0 Å². The summed E-state index contributed by atoms with van der Waals surface area (Å²) in [6.45, 7) is 8.78. The number of likely N-dealkylation sites (tertiary alicyclic amines) is 1. The van der Waals surface area contributed by atoms with Gasteiger partial charge in [-0.25, -0.2) is 0 Å². The molecule has 1 amide bonds. The summed E-state index contributed by atoms with van der Waals surface area (Å²) in [5.74, 6) is 1.54. The molecule has 1 aliphatic heterocycles. The summed E-state index contributed by atoms with van der Waals surface area (Å²) in [5.41, 5.74) is 1.02. The summed E-state index contributed by atoms with van der Waals surface area (Å²) in [6.07, 6.45) is 5.86. The molecular weight excluding hydrogens is 328 g/mol. The van der Waals surface area contributed by atoms with Gasteiger partial charge in [-0.3, -0.25) is 9.69 Å². The minimum Gasteiger partial charge on any atom is -0.493 e. The molecule has 5 nitrogen and oxygen atoms in total. The second kappa shape index (κ2) is 10.4. The molecule has 1 aliphatic rings. The van der Waals surface area contributed by atoms with Crippen molar-refractivity contribution in [3.63, 3.8) is 0 Å². The number of nitrogens with one attached hydrogen (secondary N) is 1. The van der Waals surface area contributed by atoms with Gasteiger partial charge in [-0.05, 0) is 63.9 Å². The molecular formula is C21H34N2O3. The van der Waals surface area contributed by atoms with E-state index in [1.165, 1.54) is 25.7 Å². The van der Waals surface area contributed by atoms with Crippen LogP contribution in [0.15, 0.2) is 18.2 Å². The zero-order valence-electron chi connectivity index (χ0n) is 16.7. The van der Waals surface area contributed by atoms with Gasteiger partial charge in [-0.1, -0.05) is 25.8 Å². The van der Waals surface area contributed by atoms with Gasteiger partial charge < -0.3 is 14.8 Å². The lowest BCUT2D eigenvalue weighted by atomic mass is 10.1. The maximum Gasteiger partial charge on any atom is 0.237 e. The molecule has 0 aliphatic carbocycles. The number of amides is 1. The highest BCUT2D eigenvalue weighted by Crippen LogP contribution is 2.30. The quantitative estimate of drug-likeness (QED) is 0.761. The molecule has 2 atom stereocenters. The van der Waals surface area contributed by atoms with Gasteiger partial charge in [0.15, 0.2) is 11.5 Å². The average molecular weight is 363 g/mol. The fourth-order valence-electron chi connectivity index (χ4n) is 3.35. The van der Waals surface area contributed by atoms with Crippen LogP contribution in [0, 0.1) is 0 Å². The van der Waals surface area contributed by atoms with E-state index in [2.05, 4.69) is 17.1 Å². The van der Waals surface area contributed by atoms with Crippen LogP contribution in [0.25, 0.3) is 0 Å². The first-order chi connectivity index (χ1) is 12.6. The van der Waals surface area contributed by atoms with E-state index in [4.69, 9.17) is 9.47 Å². The third kappa shape index (κ3) is 5.63. The fourth-order valence-corrected chi connectivity index (χ4v) is 3.35. The topological polar surface area (TPSA) is 50.8 Å². The van der Waals surface area contributed by atoms with Crippen LogP contribution < -0.4 is 14.8 Å². The Kier molecular flexibility index (Phi) is 8.23. The summed E-state index contributed by atoms with van der Waals surface area (Å²) >= 11 is 0. The second-order valence-corrected chi connectivity index (χ2v) is 7.12. The lowest BCUT2D eigenvalue weighted by molar-refractivity contribution is -0.126. The molecule has 1 heterocycles. The third-order valence-corrected chi connectivity index (χ3v) is 5.08. The summed E-state index contributed by atoms with van der Waals surface area (Å²) in [4.78, 5) is 15.0. The predicted octanol–water partition coefficient (Wildman–Crippen LogP) is 3.93. The zero-order chi connectivity index (χ0) is 18.9. The maximum absolute atomic E-state index is 12.7. The van der Waals surface area contributed by atoms with E-state index in [0.717, 1.165) is 30.8 Å². The van der Waals surface area contributed by atoms with Crippen LogP contribution >= 0.6 is 0 Å². The van der Waals surface area contributed by atoms with Crippen LogP contribution in [-0.2, 0) is 4.79 Å². The number of methoxy groups -OCH3 is 1. The van der Waals surface area contributed by atoms with Gasteiger partial charge in [0, 0.05) is 0 Å². The largest absolute Gasteiger partial charge is 0.493 e. The molecule has 1 aromatic carbocycles. The van der Waals surface area contributed by atoms with Gasteiger partial charge in [0.2, 0.25) is 5.91 Å². The molecule has 2 rings (SSSR count). The van der Waals surface area contributed by atoms with Gasteiger partial charge in [-0.2, -0.15) is 0 Å². The van der Waals surface area contributed by atoms with Crippen LogP contribution in [0.1, 0.15) is 64.5 Å². The molecule has 0 radical (unpaired) electrons. The highest BCUT2D eigenvalue weighted by atomic mass is 16.5. The average Bonchev–Trinajstić information content (AvgIpc) is 2.94. The fraction of sp³-hybridized carbons (Fsp3) is 0.667. The number of rotatable bonds is 8. The Morgan fingerprint density at radius 2 is 1.85 bits per heavy atom. The summed E-state index contributed by atoms with van der Waals surface area (Å²) in [6, 6.07) is 5.70. The van der Waals surface area contributed by atoms with Crippen LogP contribution in [0.5, 0.6) is 11.5 Å². The van der Waals surface area contributed by atoms with E-state index < -0.39 is 0 Å². The number of ether oxygens (including phenoxy) is 2. The number of carbonyl (C=O) groups is 1. The van der Waals surface area contributed by atoms with Crippen molar-refractivity contribution >= 4 is 5.91 Å². The predicted molar refractivity (Wildman–Crippen MR) is 105 cm³/mol. The van der Waals surface area contributed by atoms with Crippen molar-refractivity contribution in [2.75, 3.05) is 26.8 Å². The van der Waals surface area contributed by atoms with E-state index in [0.29, 0.717) is 12.4 Å². The molecule has 0 saturated carbocycles. The van der Waals surface area contributed by atoms with Crippen molar-refractivity contribution in [2.45, 2.75) is 65.0 Å². The normalized spacial score (nSPS) is 17.8. The Balaban J connectivity index is 1.99. The summed E-state index contributed by atoms with van der Waals surface area (Å²) in [5, 5.41) is 3.15. The molecule has 5 heteroatoms. The Hall–Kier alpha value is -1.75. The van der Waals surface area contributed by atoms with E-state index in [1.807, 2.05) is 32.0 Å². The van der Waals surface area contributed by atoms with Crippen molar-refractivity contribution < 1.29 is 14.3 Å². The van der Waals surface area contributed by atoms with Crippen LogP contribution in [0.4, 0.5) is 0 Å². The lowest BCUT2D eigenvalue weighted by Gasteiger charge is -2.28. The number of nitrogens with zero attached hydrogens (tertiary/aromatic N) is 1. The minimum absolute atomic E-state index is 0.0777. The zero-order valence-corrected chi connectivity index (χ0v) is 16.7. The summed E-state index contributed by atoms with van der Waals surface area (Å²) < 4.78 is 11.2. The Morgan fingerprint density at radius 3 is 2.46 bits per heavy atom. The third-order valence-electron chi connectivity index (χ3n) is 5.08. The maximum atomic E-state index is 12.7. The van der Waals surface area contributed by atoms with Crippen LogP contribution in [-0.4, -0.2) is 43.7 Å². The molecule has 26 heavy (non-hydrogen) atoms. The second-order valence-electron chi connectivity index (χ2n) is 7.12. The molecule has 1 aromatic rings. The SMILES string of the molecule is CCCOc1ccc(C(C)NC(=O)C(C)N2CCCCCC2)cc1OC. The highest BCUT2D eigenvalue weighted by molar-refractivity contribution is 5.81. The number of hydrogen-bond acceptors (Lipinski definition) is 4. The van der Waals surface area contributed by atoms with E-state index >= 15 is 0 Å². The van der Waals surface area contributed by atoms with Crippen LogP contribution in [0.2, 0.25) is 0 Å². The molecule has 1 N–H and O–H groups in total. The molecule has 0 bridgehead atoms. The van der Waals surface area contributed by atoms with Crippen molar-refractivity contribution in [1.29, 1.82) is 0 Å². The molecule has 0 aromatic heterocycles. The van der Waals surface area contributed by atoms with Crippen molar-refractivity contribution in [1.82, 2.24) is 10.2 Å². The number of hydrogen-bond donors (Lipinski definition) is 1. The Bertz CT molecular complexity index is 568. The van der Waals surface area contributed by atoms with Gasteiger partial charge in [0.25, 0.3) is 0 Å². The first-order valence-corrected chi connectivity index (χ1v) is 9.92. The van der Waals surface area contributed by atoms with Gasteiger partial charge in [-0.15, -0.1) is 0 Å². The Morgan fingerprint density at radius 1 is 1.15 bits per heavy atom. The van der Waals surface area contributed by atoms with E-state index in [-0.39, 0.29) is 18.0 Å². The minimum atomic E-state index is -0.0930. The van der Waals surface area contributed by atoms with Gasteiger partial charge in [0.1, 0.15) is 0 Å². The first kappa shape index (κ1) is 20.6. The summed E-state index contributed by atoms with van der Waals surface area (Å²) in [7, 11) is 1.64. The van der Waals surface area contributed by atoms with Gasteiger partial charge >= 0.3 is 0 Å². The Labute approximate surface area is 158 Å². The first-order valence-electron chi connectivity index (χ1n) is 9.92. The molecule has 146 valence electrons. The van der Waals surface area contributed by atoms with E-state index in [9.17, 15) is 4.79 Å². The van der Waals surface area contributed by atoms with Crippen molar-refractivity contribution in [3.8, 4) is 11.5 Å². The highest BCUT2D eigenvalue weighted by Gasteiger charge is 2.23. The van der Waals surface area contributed by atoms with E-state index in [1.54, 1.807) is 7.11 Å².